The topological polar surface area (TPSA) is 61.4 Å². The van der Waals surface area contributed by atoms with Gasteiger partial charge in [-0.3, -0.25) is 9.59 Å². The zero-order valence-corrected chi connectivity index (χ0v) is 17.7. The van der Waals surface area contributed by atoms with E-state index in [0.717, 1.165) is 37.1 Å². The Morgan fingerprint density at radius 1 is 1.25 bits per heavy atom. The number of amides is 2. The Kier molecular flexibility index (Phi) is 6.66. The van der Waals surface area contributed by atoms with Crippen LogP contribution in [0.1, 0.15) is 42.4 Å². The molecule has 0 radical (unpaired) electrons. The summed E-state index contributed by atoms with van der Waals surface area (Å²) in [5, 5.41) is 6.70. The highest BCUT2D eigenvalue weighted by atomic mass is 35.5. The van der Waals surface area contributed by atoms with E-state index in [1.807, 2.05) is 6.92 Å². The van der Waals surface area contributed by atoms with Gasteiger partial charge in [-0.1, -0.05) is 23.8 Å². The van der Waals surface area contributed by atoms with E-state index >= 15 is 0 Å². The minimum absolute atomic E-state index is 0. The highest BCUT2D eigenvalue weighted by Crippen LogP contribution is 2.39. The third kappa shape index (κ3) is 4.20. The third-order valence-corrected chi connectivity index (χ3v) is 6.76. The first-order chi connectivity index (χ1) is 13.0. The smallest absolute Gasteiger partial charge is 0.224 e. The maximum atomic E-state index is 12.7. The molecule has 1 aromatic carbocycles. The van der Waals surface area contributed by atoms with Gasteiger partial charge >= 0.3 is 0 Å². The van der Waals surface area contributed by atoms with Gasteiger partial charge in [0.2, 0.25) is 11.8 Å². The van der Waals surface area contributed by atoms with Gasteiger partial charge in [0.05, 0.1) is 12.5 Å². The first-order valence-electron chi connectivity index (χ1n) is 10.4. The molecule has 3 heterocycles. The standard InChI is InChI=1S/C22H31N3O2.ClH/c1-14-6-7-15(2)16(8-14)10-21(26)24-13-20-18-9-17(11-23-12-18)19-4-3-5-22(27)25(19)20;/h6-8,17-20,23H,3-5,9-13H2,1-2H3,(H,24,26);1H/t17-,18+,19+,20+;/m1./s1. The summed E-state index contributed by atoms with van der Waals surface area (Å²) < 4.78 is 0. The molecule has 3 saturated heterocycles. The van der Waals surface area contributed by atoms with Gasteiger partial charge in [-0.05, 0) is 62.6 Å². The predicted molar refractivity (Wildman–Crippen MR) is 113 cm³/mol. The second-order valence-electron chi connectivity index (χ2n) is 8.65. The summed E-state index contributed by atoms with van der Waals surface area (Å²) in [4.78, 5) is 27.4. The van der Waals surface area contributed by atoms with E-state index in [1.165, 1.54) is 12.0 Å². The molecule has 0 spiro atoms. The fourth-order valence-corrected chi connectivity index (χ4v) is 5.34. The normalized spacial score (nSPS) is 28.9. The first kappa shape index (κ1) is 21.1. The molecule has 2 bridgehead atoms. The third-order valence-electron chi connectivity index (χ3n) is 6.76. The van der Waals surface area contributed by atoms with Gasteiger partial charge in [-0.15, -0.1) is 12.4 Å². The van der Waals surface area contributed by atoms with Crippen molar-refractivity contribution in [2.45, 2.75) is 58.0 Å². The molecular formula is C22H32ClN3O2. The Hall–Kier alpha value is -1.59. The van der Waals surface area contributed by atoms with Crippen LogP contribution in [0.25, 0.3) is 0 Å². The largest absolute Gasteiger partial charge is 0.354 e. The zero-order chi connectivity index (χ0) is 19.0. The maximum absolute atomic E-state index is 12.7. The van der Waals surface area contributed by atoms with Crippen molar-refractivity contribution in [1.82, 2.24) is 15.5 Å². The minimum Gasteiger partial charge on any atom is -0.354 e. The molecule has 0 aliphatic carbocycles. The van der Waals surface area contributed by atoms with Crippen LogP contribution in [-0.2, 0) is 16.0 Å². The molecular weight excluding hydrogens is 374 g/mol. The Balaban J connectivity index is 0.00000225. The summed E-state index contributed by atoms with van der Waals surface area (Å²) in [5.74, 6) is 1.37. The van der Waals surface area contributed by atoms with Gasteiger partial charge in [-0.25, -0.2) is 0 Å². The molecule has 154 valence electrons. The van der Waals surface area contributed by atoms with Gasteiger partial charge in [0.1, 0.15) is 0 Å². The molecule has 6 heteroatoms. The van der Waals surface area contributed by atoms with Gasteiger partial charge in [0, 0.05) is 25.6 Å². The van der Waals surface area contributed by atoms with Crippen molar-refractivity contribution in [3.05, 3.63) is 34.9 Å². The summed E-state index contributed by atoms with van der Waals surface area (Å²) in [6.07, 6.45) is 4.36. The molecule has 2 N–H and O–H groups in total. The van der Waals surface area contributed by atoms with Crippen LogP contribution < -0.4 is 10.6 Å². The summed E-state index contributed by atoms with van der Waals surface area (Å²) in [6.45, 7) is 6.65. The van der Waals surface area contributed by atoms with E-state index in [0.29, 0.717) is 37.3 Å². The number of nitrogens with zero attached hydrogens (tertiary/aromatic N) is 1. The average Bonchev–Trinajstić information content (AvgIpc) is 2.65. The lowest BCUT2D eigenvalue weighted by atomic mass is 9.72. The highest BCUT2D eigenvalue weighted by molar-refractivity contribution is 5.85. The number of piperidine rings is 3. The number of benzene rings is 1. The lowest BCUT2D eigenvalue weighted by Gasteiger charge is -2.54. The molecule has 5 nitrogen and oxygen atoms in total. The summed E-state index contributed by atoms with van der Waals surface area (Å²) in [7, 11) is 0. The molecule has 3 aliphatic heterocycles. The van der Waals surface area contributed by atoms with Gasteiger partial charge < -0.3 is 15.5 Å². The van der Waals surface area contributed by atoms with Crippen molar-refractivity contribution in [2.24, 2.45) is 11.8 Å². The number of rotatable bonds is 4. The van der Waals surface area contributed by atoms with Crippen LogP contribution in [0.15, 0.2) is 18.2 Å². The molecule has 2 amide bonds. The van der Waals surface area contributed by atoms with Crippen LogP contribution >= 0.6 is 12.4 Å². The monoisotopic (exact) mass is 405 g/mol. The van der Waals surface area contributed by atoms with Crippen LogP contribution in [0.2, 0.25) is 0 Å². The van der Waals surface area contributed by atoms with Crippen molar-refractivity contribution in [3.8, 4) is 0 Å². The number of fused-ring (bicyclic) bond motifs is 4. The SMILES string of the molecule is Cc1ccc(C)c(CC(=O)NC[C@H]2[C@@H]3CNC[C@@H](C3)[C@@H]3CCCC(=O)N32)c1.Cl. The summed E-state index contributed by atoms with van der Waals surface area (Å²) >= 11 is 0. The number of nitrogens with one attached hydrogen (secondary N) is 2. The second-order valence-corrected chi connectivity index (χ2v) is 8.65. The van der Waals surface area contributed by atoms with E-state index < -0.39 is 0 Å². The van der Waals surface area contributed by atoms with E-state index in [-0.39, 0.29) is 30.3 Å². The lowest BCUT2D eigenvalue weighted by Crippen LogP contribution is -2.66. The fraction of sp³-hybridized carbons (Fsp3) is 0.636. The van der Waals surface area contributed by atoms with Crippen molar-refractivity contribution in [2.75, 3.05) is 19.6 Å². The van der Waals surface area contributed by atoms with Crippen LogP contribution in [0, 0.1) is 25.7 Å². The van der Waals surface area contributed by atoms with Gasteiger partial charge in [0.25, 0.3) is 0 Å². The Morgan fingerprint density at radius 2 is 2.04 bits per heavy atom. The molecule has 3 fully saturated rings. The number of hydrogen-bond acceptors (Lipinski definition) is 3. The molecule has 0 aromatic heterocycles. The molecule has 28 heavy (non-hydrogen) atoms. The molecule has 3 aliphatic rings. The van der Waals surface area contributed by atoms with Gasteiger partial charge in [0.15, 0.2) is 0 Å². The van der Waals surface area contributed by atoms with Crippen LogP contribution in [0.4, 0.5) is 0 Å². The highest BCUT2D eigenvalue weighted by Gasteiger charge is 2.47. The first-order valence-corrected chi connectivity index (χ1v) is 10.4. The second kappa shape index (κ2) is 8.83. The molecule has 0 saturated carbocycles. The average molecular weight is 406 g/mol. The Bertz CT molecular complexity index is 738. The van der Waals surface area contributed by atoms with Crippen LogP contribution in [0.5, 0.6) is 0 Å². The fourth-order valence-electron chi connectivity index (χ4n) is 5.34. The van der Waals surface area contributed by atoms with E-state index in [1.54, 1.807) is 0 Å². The number of hydrogen-bond donors (Lipinski definition) is 2. The number of carbonyl (C=O) groups excluding carboxylic acids is 2. The van der Waals surface area contributed by atoms with Crippen molar-refractivity contribution >= 4 is 24.2 Å². The van der Waals surface area contributed by atoms with E-state index in [2.05, 4.69) is 40.7 Å². The van der Waals surface area contributed by atoms with E-state index in [4.69, 9.17) is 0 Å². The predicted octanol–water partition coefficient (Wildman–Crippen LogP) is 2.37. The van der Waals surface area contributed by atoms with Crippen molar-refractivity contribution in [3.63, 3.8) is 0 Å². The van der Waals surface area contributed by atoms with Crippen molar-refractivity contribution < 1.29 is 9.59 Å². The maximum Gasteiger partial charge on any atom is 0.224 e. The number of halogens is 1. The minimum atomic E-state index is 0. The zero-order valence-electron chi connectivity index (χ0n) is 16.9. The number of aryl methyl sites for hydroxylation is 2. The van der Waals surface area contributed by atoms with Crippen molar-refractivity contribution in [1.29, 1.82) is 0 Å². The Morgan fingerprint density at radius 3 is 2.86 bits per heavy atom. The summed E-state index contributed by atoms with van der Waals surface area (Å²) in [6, 6.07) is 6.73. The lowest BCUT2D eigenvalue weighted by molar-refractivity contribution is -0.149. The van der Waals surface area contributed by atoms with Crippen LogP contribution in [0.3, 0.4) is 0 Å². The molecule has 0 unspecified atom stereocenters. The van der Waals surface area contributed by atoms with Gasteiger partial charge in [-0.2, -0.15) is 0 Å². The van der Waals surface area contributed by atoms with Crippen LogP contribution in [-0.4, -0.2) is 48.4 Å². The summed E-state index contributed by atoms with van der Waals surface area (Å²) in [5.41, 5.74) is 3.42. The quantitative estimate of drug-likeness (QED) is 0.808. The van der Waals surface area contributed by atoms with E-state index in [9.17, 15) is 9.59 Å². The molecule has 4 atom stereocenters. The molecule has 1 aromatic rings. The number of carbonyl (C=O) groups is 2. The Labute approximate surface area is 174 Å². The molecule has 4 rings (SSSR count).